The number of ketones is 1. The molecule has 0 bridgehead atoms. The maximum Gasteiger partial charge on any atom is 0.231 e. The molecule has 2 N–H and O–H groups in total. The van der Waals surface area contributed by atoms with Gasteiger partial charge >= 0.3 is 0 Å². The van der Waals surface area contributed by atoms with Gasteiger partial charge in [-0.15, -0.1) is 0 Å². The molecule has 3 nitrogen and oxygen atoms in total. The lowest BCUT2D eigenvalue weighted by Crippen LogP contribution is -2.05. The SMILES string of the molecule is Nc1c(C(=O)c2ccccc2Cl)oc2ccc3c(c12)CCCC3. The van der Waals surface area contributed by atoms with Crippen LogP contribution in [0.2, 0.25) is 5.02 Å². The smallest absolute Gasteiger partial charge is 0.231 e. The zero-order valence-corrected chi connectivity index (χ0v) is 13.3. The number of nitrogens with two attached hydrogens (primary N) is 1. The van der Waals surface area contributed by atoms with Gasteiger partial charge in [0.2, 0.25) is 5.78 Å². The monoisotopic (exact) mass is 325 g/mol. The summed E-state index contributed by atoms with van der Waals surface area (Å²) < 4.78 is 5.80. The normalized spacial score (nSPS) is 14.0. The summed E-state index contributed by atoms with van der Waals surface area (Å²) in [5.41, 5.74) is 10.4. The maximum absolute atomic E-state index is 12.8. The molecule has 1 aromatic heterocycles. The number of carbonyl (C=O) groups is 1. The minimum atomic E-state index is -0.270. The molecule has 23 heavy (non-hydrogen) atoms. The summed E-state index contributed by atoms with van der Waals surface area (Å²) >= 11 is 6.13. The van der Waals surface area contributed by atoms with E-state index in [9.17, 15) is 4.79 Å². The second kappa shape index (κ2) is 5.43. The van der Waals surface area contributed by atoms with Gasteiger partial charge in [0.1, 0.15) is 5.58 Å². The fourth-order valence-electron chi connectivity index (χ4n) is 3.40. The summed E-state index contributed by atoms with van der Waals surface area (Å²) in [7, 11) is 0. The molecular formula is C19H16ClNO2. The Morgan fingerprint density at radius 1 is 1.09 bits per heavy atom. The first-order chi connectivity index (χ1) is 11.2. The number of fused-ring (bicyclic) bond motifs is 3. The number of benzene rings is 2. The van der Waals surface area contributed by atoms with Crippen LogP contribution in [-0.4, -0.2) is 5.78 Å². The predicted molar refractivity (Wildman–Crippen MR) is 92.2 cm³/mol. The average Bonchev–Trinajstić information content (AvgIpc) is 2.92. The van der Waals surface area contributed by atoms with E-state index in [1.807, 2.05) is 6.07 Å². The quantitative estimate of drug-likeness (QED) is 0.690. The molecule has 1 heterocycles. The highest BCUT2D eigenvalue weighted by Gasteiger charge is 2.25. The Bertz CT molecular complexity index is 927. The number of rotatable bonds is 2. The number of furan rings is 1. The number of hydrogen-bond acceptors (Lipinski definition) is 3. The van der Waals surface area contributed by atoms with Crippen LogP contribution >= 0.6 is 11.6 Å². The number of anilines is 1. The molecule has 4 rings (SSSR count). The van der Waals surface area contributed by atoms with Crippen molar-refractivity contribution in [2.24, 2.45) is 0 Å². The summed E-state index contributed by atoms with van der Waals surface area (Å²) in [6, 6.07) is 10.9. The molecule has 4 heteroatoms. The van der Waals surface area contributed by atoms with Gasteiger partial charge in [-0.05, 0) is 55.0 Å². The Morgan fingerprint density at radius 2 is 1.87 bits per heavy atom. The molecule has 1 aliphatic carbocycles. The number of aryl methyl sites for hydroxylation is 2. The topological polar surface area (TPSA) is 56.2 Å². The molecule has 0 radical (unpaired) electrons. The van der Waals surface area contributed by atoms with E-state index in [-0.39, 0.29) is 11.5 Å². The number of carbonyl (C=O) groups excluding carboxylic acids is 1. The highest BCUT2D eigenvalue weighted by molar-refractivity contribution is 6.35. The molecule has 0 unspecified atom stereocenters. The van der Waals surface area contributed by atoms with Crippen LogP contribution < -0.4 is 5.73 Å². The molecule has 0 spiro atoms. The van der Waals surface area contributed by atoms with Crippen LogP contribution in [0.25, 0.3) is 11.0 Å². The molecule has 0 atom stereocenters. The Labute approximate surface area is 139 Å². The van der Waals surface area contributed by atoms with Gasteiger partial charge in [0.15, 0.2) is 5.76 Å². The van der Waals surface area contributed by atoms with Crippen molar-refractivity contribution < 1.29 is 9.21 Å². The van der Waals surface area contributed by atoms with Gasteiger partial charge in [0.05, 0.1) is 10.7 Å². The summed E-state index contributed by atoms with van der Waals surface area (Å²) in [6.07, 6.45) is 4.38. The Morgan fingerprint density at radius 3 is 2.70 bits per heavy atom. The minimum absolute atomic E-state index is 0.187. The molecule has 0 fully saturated rings. The van der Waals surface area contributed by atoms with Gasteiger partial charge in [-0.1, -0.05) is 29.8 Å². The number of nitrogen functional groups attached to an aromatic ring is 1. The van der Waals surface area contributed by atoms with Gasteiger partial charge in [0.25, 0.3) is 0 Å². The summed E-state index contributed by atoms with van der Waals surface area (Å²) in [6.45, 7) is 0. The van der Waals surface area contributed by atoms with Gasteiger partial charge < -0.3 is 10.2 Å². The van der Waals surface area contributed by atoms with E-state index in [2.05, 4.69) is 6.07 Å². The van der Waals surface area contributed by atoms with Gasteiger partial charge in [-0.25, -0.2) is 0 Å². The summed E-state index contributed by atoms with van der Waals surface area (Å²) in [5, 5.41) is 1.30. The summed E-state index contributed by atoms with van der Waals surface area (Å²) in [4.78, 5) is 12.8. The Hall–Kier alpha value is -2.26. The lowest BCUT2D eigenvalue weighted by atomic mass is 9.89. The van der Waals surface area contributed by atoms with E-state index in [0.717, 1.165) is 24.6 Å². The maximum atomic E-state index is 12.8. The molecule has 0 saturated carbocycles. The van der Waals surface area contributed by atoms with Crippen molar-refractivity contribution in [2.75, 3.05) is 5.73 Å². The molecule has 0 amide bonds. The van der Waals surface area contributed by atoms with Crippen LogP contribution in [0.3, 0.4) is 0 Å². The lowest BCUT2D eigenvalue weighted by molar-refractivity contribution is 0.101. The first-order valence-corrected chi connectivity index (χ1v) is 8.16. The van der Waals surface area contributed by atoms with Crippen molar-refractivity contribution in [1.29, 1.82) is 0 Å². The summed E-state index contributed by atoms with van der Waals surface area (Å²) in [5.74, 6) is -0.0825. The van der Waals surface area contributed by atoms with E-state index >= 15 is 0 Å². The van der Waals surface area contributed by atoms with Crippen molar-refractivity contribution in [3.05, 3.63) is 63.9 Å². The highest BCUT2D eigenvalue weighted by Crippen LogP contribution is 2.37. The van der Waals surface area contributed by atoms with Crippen LogP contribution in [-0.2, 0) is 12.8 Å². The molecule has 3 aromatic rings. The standard InChI is InChI=1S/C19H16ClNO2/c20-14-8-4-3-7-13(14)18(22)19-17(21)16-12-6-2-1-5-11(12)9-10-15(16)23-19/h3-4,7-10H,1-2,5-6,21H2. The fraction of sp³-hybridized carbons (Fsp3) is 0.211. The fourth-order valence-corrected chi connectivity index (χ4v) is 3.62. The van der Waals surface area contributed by atoms with Crippen LogP contribution in [0, 0.1) is 0 Å². The molecular weight excluding hydrogens is 310 g/mol. The zero-order valence-electron chi connectivity index (χ0n) is 12.6. The van der Waals surface area contributed by atoms with Crippen LogP contribution in [0.4, 0.5) is 5.69 Å². The largest absolute Gasteiger partial charge is 0.450 e. The highest BCUT2D eigenvalue weighted by atomic mass is 35.5. The van der Waals surface area contributed by atoms with E-state index < -0.39 is 0 Å². The number of halogens is 1. The average molecular weight is 326 g/mol. The Kier molecular flexibility index (Phi) is 3.38. The van der Waals surface area contributed by atoms with E-state index in [1.54, 1.807) is 24.3 Å². The van der Waals surface area contributed by atoms with Crippen LogP contribution in [0.5, 0.6) is 0 Å². The second-order valence-corrected chi connectivity index (χ2v) is 6.34. The lowest BCUT2D eigenvalue weighted by Gasteiger charge is -2.16. The molecule has 0 aliphatic heterocycles. The second-order valence-electron chi connectivity index (χ2n) is 5.94. The molecule has 1 aliphatic rings. The van der Waals surface area contributed by atoms with Crippen molar-refractivity contribution in [2.45, 2.75) is 25.7 Å². The third-order valence-corrected chi connectivity index (χ3v) is 4.87. The van der Waals surface area contributed by atoms with Crippen molar-refractivity contribution in [1.82, 2.24) is 0 Å². The zero-order chi connectivity index (χ0) is 16.0. The first-order valence-electron chi connectivity index (χ1n) is 7.79. The predicted octanol–water partition coefficient (Wildman–Crippen LogP) is 4.78. The van der Waals surface area contributed by atoms with Crippen LogP contribution in [0.15, 0.2) is 40.8 Å². The third-order valence-electron chi connectivity index (χ3n) is 4.55. The first kappa shape index (κ1) is 14.3. The molecule has 2 aromatic carbocycles. The van der Waals surface area contributed by atoms with Crippen molar-refractivity contribution in [3.63, 3.8) is 0 Å². The minimum Gasteiger partial charge on any atom is -0.450 e. The molecule has 0 saturated heterocycles. The van der Waals surface area contributed by atoms with E-state index in [0.29, 0.717) is 21.9 Å². The Balaban J connectivity index is 1.90. The van der Waals surface area contributed by atoms with E-state index in [1.165, 1.54) is 17.5 Å². The molecule has 116 valence electrons. The van der Waals surface area contributed by atoms with Gasteiger partial charge in [-0.2, -0.15) is 0 Å². The van der Waals surface area contributed by atoms with Crippen molar-refractivity contribution >= 4 is 34.0 Å². The van der Waals surface area contributed by atoms with Crippen LogP contribution in [0.1, 0.15) is 40.1 Å². The van der Waals surface area contributed by atoms with Gasteiger partial charge in [0, 0.05) is 10.9 Å². The van der Waals surface area contributed by atoms with Crippen molar-refractivity contribution in [3.8, 4) is 0 Å². The third kappa shape index (κ3) is 2.23. The number of hydrogen-bond donors (Lipinski definition) is 1. The van der Waals surface area contributed by atoms with Gasteiger partial charge in [-0.3, -0.25) is 4.79 Å². The van der Waals surface area contributed by atoms with E-state index in [4.69, 9.17) is 21.8 Å².